The summed E-state index contributed by atoms with van der Waals surface area (Å²) in [5.41, 5.74) is 2.03. The maximum Gasteiger partial charge on any atom is 0.324 e. The van der Waals surface area contributed by atoms with Crippen molar-refractivity contribution in [2.24, 2.45) is 0 Å². The van der Waals surface area contributed by atoms with Crippen LogP contribution in [0.2, 0.25) is 0 Å². The lowest BCUT2D eigenvalue weighted by Crippen LogP contribution is -2.38. The number of aromatic nitrogens is 1. The molecule has 0 bridgehead atoms. The Balaban J connectivity index is 1.82. The molecule has 1 saturated heterocycles. The number of amides is 2. The molecular weight excluding hydrogens is 290 g/mol. The third kappa shape index (κ3) is 1.81. The van der Waals surface area contributed by atoms with E-state index in [9.17, 15) is 9.90 Å². The number of thiazole rings is 1. The molecule has 7 heteroatoms. The number of nitrogens with one attached hydrogen (secondary N) is 1. The van der Waals surface area contributed by atoms with E-state index in [1.54, 1.807) is 4.90 Å². The number of urea groups is 1. The molecule has 1 fully saturated rings. The lowest BCUT2D eigenvalue weighted by molar-refractivity contribution is 0.247. The van der Waals surface area contributed by atoms with Gasteiger partial charge in [-0.25, -0.2) is 9.78 Å². The first-order chi connectivity index (χ1) is 10.2. The molecule has 0 unspecified atom stereocenters. The van der Waals surface area contributed by atoms with Gasteiger partial charge in [0.25, 0.3) is 0 Å². The van der Waals surface area contributed by atoms with Crippen LogP contribution in [0.1, 0.15) is 12.5 Å². The van der Waals surface area contributed by atoms with Crippen LogP contribution < -0.4 is 15.0 Å². The van der Waals surface area contributed by atoms with Crippen LogP contribution in [-0.4, -0.2) is 41.4 Å². The first kappa shape index (κ1) is 12.8. The summed E-state index contributed by atoms with van der Waals surface area (Å²) < 4.78 is 6.59. The SMILES string of the molecule is C[C@H]1NC(=O)N(c2nc3c4c(ccc3s2)OCC4)[C@@H]1CO. The van der Waals surface area contributed by atoms with Gasteiger partial charge < -0.3 is 15.2 Å². The summed E-state index contributed by atoms with van der Waals surface area (Å²) in [6.45, 7) is 2.48. The Morgan fingerprint density at radius 3 is 3.24 bits per heavy atom. The minimum absolute atomic E-state index is 0.0863. The standard InChI is InChI=1S/C14H15N3O3S/c1-7-9(6-18)17(13(19)15-7)14-16-12-8-4-5-20-10(8)2-3-11(12)21-14/h2-3,7,9,18H,4-6H2,1H3,(H,15,19)/t7-,9-/m1/s1. The fourth-order valence-corrected chi connectivity index (χ4v) is 4.02. The molecule has 2 aromatic rings. The zero-order valence-electron chi connectivity index (χ0n) is 11.5. The maximum absolute atomic E-state index is 12.1. The van der Waals surface area contributed by atoms with Crippen LogP contribution in [0.4, 0.5) is 9.93 Å². The smallest absolute Gasteiger partial charge is 0.324 e. The van der Waals surface area contributed by atoms with Crippen molar-refractivity contribution in [3.05, 3.63) is 17.7 Å². The summed E-state index contributed by atoms with van der Waals surface area (Å²) in [6, 6.07) is 3.37. The van der Waals surface area contributed by atoms with Crippen molar-refractivity contribution in [2.75, 3.05) is 18.1 Å². The molecule has 0 spiro atoms. The van der Waals surface area contributed by atoms with E-state index in [4.69, 9.17) is 4.74 Å². The van der Waals surface area contributed by atoms with Gasteiger partial charge in [0.15, 0.2) is 5.13 Å². The normalized spacial score (nSPS) is 24.3. The molecule has 1 aromatic heterocycles. The van der Waals surface area contributed by atoms with Gasteiger partial charge in [0.1, 0.15) is 5.75 Å². The van der Waals surface area contributed by atoms with E-state index in [2.05, 4.69) is 10.3 Å². The molecule has 2 N–H and O–H groups in total. The largest absolute Gasteiger partial charge is 0.493 e. The summed E-state index contributed by atoms with van der Waals surface area (Å²) >= 11 is 1.47. The zero-order chi connectivity index (χ0) is 14.6. The second kappa shape index (κ2) is 4.57. The number of hydrogen-bond acceptors (Lipinski definition) is 5. The molecule has 110 valence electrons. The average Bonchev–Trinajstić information content (AvgIpc) is 3.13. The van der Waals surface area contributed by atoms with Crippen molar-refractivity contribution in [3.8, 4) is 5.75 Å². The Labute approximate surface area is 125 Å². The fraction of sp³-hybridized carbons (Fsp3) is 0.429. The summed E-state index contributed by atoms with van der Waals surface area (Å²) in [4.78, 5) is 18.3. The minimum atomic E-state index is -0.276. The summed E-state index contributed by atoms with van der Waals surface area (Å²) in [6.07, 6.45) is 0.849. The Bertz CT molecular complexity index is 730. The molecule has 2 atom stereocenters. The molecule has 2 amide bonds. The molecule has 0 aliphatic carbocycles. The van der Waals surface area contributed by atoms with Crippen molar-refractivity contribution in [1.82, 2.24) is 10.3 Å². The molecule has 6 nitrogen and oxygen atoms in total. The Morgan fingerprint density at radius 2 is 2.43 bits per heavy atom. The van der Waals surface area contributed by atoms with E-state index in [1.165, 1.54) is 11.3 Å². The van der Waals surface area contributed by atoms with E-state index in [0.29, 0.717) is 11.7 Å². The number of aliphatic hydroxyl groups is 1. The third-order valence-corrected chi connectivity index (χ3v) is 5.11. The molecular formula is C14H15N3O3S. The number of rotatable bonds is 2. The van der Waals surface area contributed by atoms with Gasteiger partial charge in [-0.05, 0) is 19.1 Å². The number of anilines is 1. The van der Waals surface area contributed by atoms with Crippen molar-refractivity contribution in [3.63, 3.8) is 0 Å². The Kier molecular flexibility index (Phi) is 2.80. The Hall–Kier alpha value is -1.86. The van der Waals surface area contributed by atoms with Gasteiger partial charge in [0.2, 0.25) is 0 Å². The molecule has 1 aromatic carbocycles. The number of carbonyl (C=O) groups excluding carboxylic acids is 1. The van der Waals surface area contributed by atoms with Gasteiger partial charge >= 0.3 is 6.03 Å². The van der Waals surface area contributed by atoms with Crippen LogP contribution in [0.5, 0.6) is 5.75 Å². The van der Waals surface area contributed by atoms with Crippen molar-refractivity contribution >= 4 is 32.7 Å². The van der Waals surface area contributed by atoms with Crippen LogP contribution in [0.15, 0.2) is 12.1 Å². The van der Waals surface area contributed by atoms with Crippen molar-refractivity contribution in [2.45, 2.75) is 25.4 Å². The van der Waals surface area contributed by atoms with E-state index >= 15 is 0 Å². The summed E-state index contributed by atoms with van der Waals surface area (Å²) in [7, 11) is 0. The van der Waals surface area contributed by atoms with Gasteiger partial charge in [-0.15, -0.1) is 0 Å². The fourth-order valence-electron chi connectivity index (χ4n) is 2.96. The first-order valence-corrected chi connectivity index (χ1v) is 7.76. The van der Waals surface area contributed by atoms with E-state index in [-0.39, 0.29) is 24.7 Å². The molecule has 2 aliphatic heterocycles. The van der Waals surface area contributed by atoms with Crippen LogP contribution >= 0.6 is 11.3 Å². The zero-order valence-corrected chi connectivity index (χ0v) is 12.3. The number of carbonyl (C=O) groups is 1. The van der Waals surface area contributed by atoms with Gasteiger partial charge in [-0.3, -0.25) is 4.90 Å². The first-order valence-electron chi connectivity index (χ1n) is 6.95. The minimum Gasteiger partial charge on any atom is -0.493 e. The highest BCUT2D eigenvalue weighted by atomic mass is 32.1. The van der Waals surface area contributed by atoms with Crippen LogP contribution in [0, 0.1) is 0 Å². The van der Waals surface area contributed by atoms with Crippen molar-refractivity contribution in [1.29, 1.82) is 0 Å². The molecule has 2 aliphatic rings. The van der Waals surface area contributed by atoms with Gasteiger partial charge in [0.05, 0.1) is 35.5 Å². The average molecular weight is 305 g/mol. The van der Waals surface area contributed by atoms with Crippen LogP contribution in [0.25, 0.3) is 10.2 Å². The molecule has 21 heavy (non-hydrogen) atoms. The number of hydrogen-bond donors (Lipinski definition) is 2. The van der Waals surface area contributed by atoms with Gasteiger partial charge in [-0.2, -0.15) is 0 Å². The maximum atomic E-state index is 12.1. The number of ether oxygens (including phenoxy) is 1. The predicted molar refractivity (Wildman–Crippen MR) is 80.2 cm³/mol. The van der Waals surface area contributed by atoms with Crippen LogP contribution in [0.3, 0.4) is 0 Å². The predicted octanol–water partition coefficient (Wildman–Crippen LogP) is 1.51. The van der Waals surface area contributed by atoms with E-state index in [1.807, 2.05) is 19.1 Å². The van der Waals surface area contributed by atoms with E-state index < -0.39 is 0 Å². The number of aliphatic hydroxyl groups excluding tert-OH is 1. The monoisotopic (exact) mass is 305 g/mol. The second-order valence-corrected chi connectivity index (χ2v) is 6.35. The van der Waals surface area contributed by atoms with Crippen LogP contribution in [-0.2, 0) is 6.42 Å². The number of benzene rings is 1. The summed E-state index contributed by atoms with van der Waals surface area (Å²) in [5, 5.41) is 13.0. The number of nitrogens with zero attached hydrogens (tertiary/aromatic N) is 2. The quantitative estimate of drug-likeness (QED) is 0.882. The molecule has 0 radical (unpaired) electrons. The third-order valence-electron chi connectivity index (χ3n) is 4.09. The topological polar surface area (TPSA) is 74.7 Å². The molecule has 4 rings (SSSR count). The second-order valence-electron chi connectivity index (χ2n) is 5.34. The van der Waals surface area contributed by atoms with Gasteiger partial charge in [0, 0.05) is 12.0 Å². The number of fused-ring (bicyclic) bond motifs is 3. The van der Waals surface area contributed by atoms with Gasteiger partial charge in [-0.1, -0.05) is 11.3 Å². The summed E-state index contributed by atoms with van der Waals surface area (Å²) in [5.74, 6) is 0.886. The highest BCUT2D eigenvalue weighted by molar-refractivity contribution is 7.22. The lowest BCUT2D eigenvalue weighted by atomic mass is 10.1. The highest BCUT2D eigenvalue weighted by Gasteiger charge is 2.39. The van der Waals surface area contributed by atoms with Crippen molar-refractivity contribution < 1.29 is 14.6 Å². The Morgan fingerprint density at radius 1 is 1.57 bits per heavy atom. The lowest BCUT2D eigenvalue weighted by Gasteiger charge is -2.20. The highest BCUT2D eigenvalue weighted by Crippen LogP contribution is 2.38. The molecule has 3 heterocycles. The molecule has 0 saturated carbocycles. The van der Waals surface area contributed by atoms with E-state index in [0.717, 1.165) is 28.0 Å².